The second-order valence-electron chi connectivity index (χ2n) is 6.12. The molecule has 130 valence electrons. The number of aliphatic hydroxyl groups is 1. The number of fused-ring (bicyclic) bond motifs is 1. The molecule has 0 bridgehead atoms. The summed E-state index contributed by atoms with van der Waals surface area (Å²) in [6.45, 7) is 0.305. The van der Waals surface area contributed by atoms with Crippen molar-refractivity contribution >= 4 is 17.5 Å². The van der Waals surface area contributed by atoms with E-state index in [2.05, 4.69) is 10.6 Å². The lowest BCUT2D eigenvalue weighted by molar-refractivity contribution is -0.123. The van der Waals surface area contributed by atoms with E-state index in [1.165, 1.54) is 18.2 Å². The molecule has 0 radical (unpaired) electrons. The van der Waals surface area contributed by atoms with E-state index in [-0.39, 0.29) is 24.2 Å². The molecular formula is C19H19FN2O3. The van der Waals surface area contributed by atoms with Crippen molar-refractivity contribution in [1.29, 1.82) is 0 Å². The lowest BCUT2D eigenvalue weighted by Crippen LogP contribution is -2.33. The van der Waals surface area contributed by atoms with Crippen molar-refractivity contribution in [3.8, 4) is 0 Å². The first-order valence-electron chi connectivity index (χ1n) is 8.12. The normalized spacial score (nSPS) is 17.4. The minimum atomic E-state index is -1.07. The first kappa shape index (κ1) is 17.1. The molecular weight excluding hydrogens is 323 g/mol. The van der Waals surface area contributed by atoms with E-state index in [1.807, 2.05) is 24.3 Å². The summed E-state index contributed by atoms with van der Waals surface area (Å²) in [6, 6.07) is 13.0. The van der Waals surface area contributed by atoms with E-state index in [4.69, 9.17) is 0 Å². The molecule has 2 aromatic rings. The van der Waals surface area contributed by atoms with Gasteiger partial charge in [-0.2, -0.15) is 0 Å². The van der Waals surface area contributed by atoms with Crippen LogP contribution in [0.5, 0.6) is 0 Å². The predicted molar refractivity (Wildman–Crippen MR) is 91.4 cm³/mol. The molecule has 2 amide bonds. The minimum absolute atomic E-state index is 0.0854. The van der Waals surface area contributed by atoms with Crippen LogP contribution in [0.2, 0.25) is 0 Å². The number of benzene rings is 2. The van der Waals surface area contributed by atoms with Crippen LogP contribution >= 0.6 is 0 Å². The molecule has 2 atom stereocenters. The van der Waals surface area contributed by atoms with Crippen LogP contribution in [0.1, 0.15) is 36.0 Å². The van der Waals surface area contributed by atoms with Crippen molar-refractivity contribution in [3.63, 3.8) is 0 Å². The zero-order valence-electron chi connectivity index (χ0n) is 13.5. The molecule has 3 N–H and O–H groups in total. The maximum atomic E-state index is 13.2. The molecule has 0 saturated carbocycles. The van der Waals surface area contributed by atoms with E-state index >= 15 is 0 Å². The zero-order chi connectivity index (χ0) is 17.8. The van der Waals surface area contributed by atoms with Crippen LogP contribution in [0.15, 0.2) is 48.5 Å². The Morgan fingerprint density at radius 2 is 2.08 bits per heavy atom. The molecule has 5 nitrogen and oxygen atoms in total. The summed E-state index contributed by atoms with van der Waals surface area (Å²) in [5.41, 5.74) is 2.10. The third-order valence-electron chi connectivity index (χ3n) is 4.26. The van der Waals surface area contributed by atoms with E-state index in [0.717, 1.165) is 11.3 Å². The Morgan fingerprint density at radius 3 is 2.88 bits per heavy atom. The molecule has 3 rings (SSSR count). The van der Waals surface area contributed by atoms with E-state index in [1.54, 1.807) is 6.07 Å². The highest BCUT2D eigenvalue weighted by molar-refractivity contribution is 5.94. The highest BCUT2D eigenvalue weighted by Gasteiger charge is 2.25. The van der Waals surface area contributed by atoms with E-state index in [0.29, 0.717) is 18.5 Å². The van der Waals surface area contributed by atoms with Crippen LogP contribution in [0.4, 0.5) is 10.1 Å². The lowest BCUT2D eigenvalue weighted by atomic mass is 9.90. The van der Waals surface area contributed by atoms with Gasteiger partial charge in [0.1, 0.15) is 5.82 Å². The second kappa shape index (κ2) is 7.44. The van der Waals surface area contributed by atoms with E-state index < -0.39 is 11.9 Å². The quantitative estimate of drug-likeness (QED) is 0.781. The number of rotatable bonds is 5. The standard InChI is InChI=1S/C19H19FN2O3/c20-14-5-3-4-12(8-14)17(23)10-18(24)21-11-13-9-19(25)22-16-7-2-1-6-15(13)16/h1-8,13,17,23H,9-11H2,(H,21,24)(H,22,25). The Balaban J connectivity index is 1.58. The molecule has 0 aromatic heterocycles. The van der Waals surface area contributed by atoms with Gasteiger partial charge in [-0.3, -0.25) is 9.59 Å². The van der Waals surface area contributed by atoms with Gasteiger partial charge in [0.2, 0.25) is 11.8 Å². The smallest absolute Gasteiger partial charge is 0.225 e. The number of anilines is 1. The SMILES string of the molecule is O=C(CC(O)c1cccc(F)c1)NCC1CC(=O)Nc2ccccc21. The number of aliphatic hydroxyl groups excluding tert-OH is 1. The Bertz CT molecular complexity index is 794. The lowest BCUT2D eigenvalue weighted by Gasteiger charge is -2.25. The predicted octanol–water partition coefficient (Wildman–Crippen LogP) is 2.49. The maximum Gasteiger partial charge on any atom is 0.225 e. The fourth-order valence-corrected chi connectivity index (χ4v) is 3.00. The van der Waals surface area contributed by atoms with Crippen molar-refractivity contribution < 1.29 is 19.1 Å². The minimum Gasteiger partial charge on any atom is -0.388 e. The molecule has 6 heteroatoms. The molecule has 2 aromatic carbocycles. The summed E-state index contributed by atoms with van der Waals surface area (Å²) < 4.78 is 13.2. The fourth-order valence-electron chi connectivity index (χ4n) is 3.00. The zero-order valence-corrected chi connectivity index (χ0v) is 13.5. The largest absolute Gasteiger partial charge is 0.388 e. The maximum absolute atomic E-state index is 13.2. The summed E-state index contributed by atoms with van der Waals surface area (Å²) >= 11 is 0. The molecule has 1 aliphatic rings. The Labute approximate surface area is 144 Å². The van der Waals surface area contributed by atoms with Gasteiger partial charge in [0.05, 0.1) is 12.5 Å². The third kappa shape index (κ3) is 4.22. The van der Waals surface area contributed by atoms with Gasteiger partial charge in [0.25, 0.3) is 0 Å². The number of hydrogen-bond donors (Lipinski definition) is 3. The molecule has 0 aliphatic carbocycles. The number of halogens is 1. The molecule has 0 saturated heterocycles. The summed E-state index contributed by atoms with van der Waals surface area (Å²) in [4.78, 5) is 23.9. The molecule has 0 spiro atoms. The number of para-hydroxylation sites is 1. The van der Waals surface area contributed by atoms with E-state index in [9.17, 15) is 19.1 Å². The third-order valence-corrected chi connectivity index (χ3v) is 4.26. The van der Waals surface area contributed by atoms with Gasteiger partial charge in [-0.1, -0.05) is 30.3 Å². The monoisotopic (exact) mass is 342 g/mol. The first-order valence-corrected chi connectivity index (χ1v) is 8.12. The fraction of sp³-hybridized carbons (Fsp3) is 0.263. The van der Waals surface area contributed by atoms with Crippen molar-refractivity contribution in [1.82, 2.24) is 5.32 Å². The molecule has 2 unspecified atom stereocenters. The Morgan fingerprint density at radius 1 is 1.28 bits per heavy atom. The van der Waals surface area contributed by atoms with Crippen molar-refractivity contribution in [2.75, 3.05) is 11.9 Å². The average Bonchev–Trinajstić information content (AvgIpc) is 2.59. The molecule has 25 heavy (non-hydrogen) atoms. The number of carbonyl (C=O) groups excluding carboxylic acids is 2. The van der Waals surface area contributed by atoms with Gasteiger partial charge >= 0.3 is 0 Å². The Hall–Kier alpha value is -2.73. The average molecular weight is 342 g/mol. The molecule has 1 aliphatic heterocycles. The van der Waals surface area contributed by atoms with Crippen LogP contribution in [0, 0.1) is 5.82 Å². The number of carbonyl (C=O) groups is 2. The van der Waals surface area contributed by atoms with Gasteiger partial charge in [0.15, 0.2) is 0 Å². The van der Waals surface area contributed by atoms with Gasteiger partial charge in [0, 0.05) is 24.6 Å². The highest BCUT2D eigenvalue weighted by Crippen LogP contribution is 2.31. The number of hydrogen-bond acceptors (Lipinski definition) is 3. The first-order chi connectivity index (χ1) is 12.0. The molecule has 1 heterocycles. The highest BCUT2D eigenvalue weighted by atomic mass is 19.1. The number of nitrogens with one attached hydrogen (secondary N) is 2. The van der Waals surface area contributed by atoms with Crippen molar-refractivity contribution in [2.24, 2.45) is 0 Å². The van der Waals surface area contributed by atoms with Gasteiger partial charge in [-0.25, -0.2) is 4.39 Å². The van der Waals surface area contributed by atoms with Crippen molar-refractivity contribution in [2.45, 2.75) is 24.9 Å². The van der Waals surface area contributed by atoms with Crippen LogP contribution in [0.3, 0.4) is 0 Å². The van der Waals surface area contributed by atoms with Gasteiger partial charge < -0.3 is 15.7 Å². The van der Waals surface area contributed by atoms with Crippen molar-refractivity contribution in [3.05, 3.63) is 65.5 Å². The summed E-state index contributed by atoms with van der Waals surface area (Å²) in [5, 5.41) is 15.6. The summed E-state index contributed by atoms with van der Waals surface area (Å²) in [6.07, 6.45) is -0.939. The van der Waals surface area contributed by atoms with Gasteiger partial charge in [-0.15, -0.1) is 0 Å². The van der Waals surface area contributed by atoms with Gasteiger partial charge in [-0.05, 0) is 29.3 Å². The molecule has 0 fully saturated rings. The number of amides is 2. The topological polar surface area (TPSA) is 78.4 Å². The van der Waals surface area contributed by atoms with Crippen LogP contribution in [0.25, 0.3) is 0 Å². The van der Waals surface area contributed by atoms with Crippen LogP contribution < -0.4 is 10.6 Å². The summed E-state index contributed by atoms with van der Waals surface area (Å²) in [5.74, 6) is -1.00. The second-order valence-corrected chi connectivity index (χ2v) is 6.12. The Kier molecular flexibility index (Phi) is 5.09. The summed E-state index contributed by atoms with van der Waals surface area (Å²) in [7, 11) is 0. The van der Waals surface area contributed by atoms with Crippen LogP contribution in [-0.2, 0) is 9.59 Å². The van der Waals surface area contributed by atoms with Crippen LogP contribution in [-0.4, -0.2) is 23.5 Å².